The SMILES string of the molecule is COc1ccc(C2CNNC2c2ccc(OCCN3CCCCC3)cc2O)cc1. The maximum absolute atomic E-state index is 10.7. The van der Waals surface area contributed by atoms with Crippen LogP contribution in [-0.2, 0) is 0 Å². The van der Waals surface area contributed by atoms with Gasteiger partial charge in [-0.05, 0) is 49.7 Å². The Balaban J connectivity index is 1.39. The van der Waals surface area contributed by atoms with Crippen molar-refractivity contribution >= 4 is 0 Å². The Morgan fingerprint density at radius 2 is 1.79 bits per heavy atom. The number of likely N-dealkylation sites (tertiary alicyclic amines) is 1. The third-order valence-corrected chi connectivity index (χ3v) is 5.99. The molecule has 0 saturated carbocycles. The van der Waals surface area contributed by atoms with Crippen LogP contribution in [0.25, 0.3) is 0 Å². The van der Waals surface area contributed by atoms with Crippen molar-refractivity contribution < 1.29 is 14.6 Å². The van der Waals surface area contributed by atoms with Gasteiger partial charge in [0.2, 0.25) is 0 Å². The number of hydrogen-bond acceptors (Lipinski definition) is 6. The third-order valence-electron chi connectivity index (χ3n) is 5.99. The summed E-state index contributed by atoms with van der Waals surface area (Å²) in [6, 6.07) is 13.8. The van der Waals surface area contributed by atoms with Crippen molar-refractivity contribution in [3.63, 3.8) is 0 Å². The van der Waals surface area contributed by atoms with Gasteiger partial charge in [-0.15, -0.1) is 0 Å². The normalized spacial score (nSPS) is 22.5. The fourth-order valence-electron chi connectivity index (χ4n) is 4.31. The Morgan fingerprint density at radius 3 is 2.52 bits per heavy atom. The molecule has 2 saturated heterocycles. The molecule has 2 unspecified atom stereocenters. The summed E-state index contributed by atoms with van der Waals surface area (Å²) in [4.78, 5) is 2.45. The highest BCUT2D eigenvalue weighted by Gasteiger charge is 2.31. The highest BCUT2D eigenvalue weighted by Crippen LogP contribution is 2.38. The summed E-state index contributed by atoms with van der Waals surface area (Å²) < 4.78 is 11.2. The van der Waals surface area contributed by atoms with Crippen molar-refractivity contribution in [1.82, 2.24) is 15.8 Å². The summed E-state index contributed by atoms with van der Waals surface area (Å²) in [5.41, 5.74) is 8.62. The fourth-order valence-corrected chi connectivity index (χ4v) is 4.31. The molecule has 0 aromatic heterocycles. The van der Waals surface area contributed by atoms with Crippen molar-refractivity contribution in [2.24, 2.45) is 0 Å². The van der Waals surface area contributed by atoms with Crippen molar-refractivity contribution in [2.45, 2.75) is 31.2 Å². The zero-order valence-electron chi connectivity index (χ0n) is 17.1. The minimum Gasteiger partial charge on any atom is -0.507 e. The average molecular weight is 398 g/mol. The molecule has 0 aliphatic carbocycles. The molecule has 4 rings (SSSR count). The number of nitrogens with one attached hydrogen (secondary N) is 2. The number of ether oxygens (including phenoxy) is 2. The molecule has 6 heteroatoms. The van der Waals surface area contributed by atoms with Crippen LogP contribution < -0.4 is 20.3 Å². The number of rotatable bonds is 7. The van der Waals surface area contributed by atoms with Crippen LogP contribution in [0.2, 0.25) is 0 Å². The molecule has 2 aliphatic heterocycles. The van der Waals surface area contributed by atoms with Gasteiger partial charge in [-0.2, -0.15) is 0 Å². The van der Waals surface area contributed by atoms with Crippen molar-refractivity contribution in [1.29, 1.82) is 0 Å². The van der Waals surface area contributed by atoms with E-state index in [1.165, 1.54) is 37.9 Å². The maximum atomic E-state index is 10.7. The molecule has 2 aromatic rings. The lowest BCUT2D eigenvalue weighted by molar-refractivity contribution is 0.183. The number of phenols is 1. The van der Waals surface area contributed by atoms with Gasteiger partial charge in [-0.3, -0.25) is 10.3 Å². The quantitative estimate of drug-likeness (QED) is 0.667. The summed E-state index contributed by atoms with van der Waals surface area (Å²) in [6.45, 7) is 4.72. The molecular weight excluding hydrogens is 366 g/mol. The van der Waals surface area contributed by atoms with Gasteiger partial charge in [0.25, 0.3) is 0 Å². The molecule has 156 valence electrons. The Bertz CT molecular complexity index is 790. The van der Waals surface area contributed by atoms with Crippen LogP contribution in [0.4, 0.5) is 0 Å². The van der Waals surface area contributed by atoms with Gasteiger partial charge < -0.3 is 14.6 Å². The molecule has 3 N–H and O–H groups in total. The molecule has 6 nitrogen and oxygen atoms in total. The highest BCUT2D eigenvalue weighted by atomic mass is 16.5. The van der Waals surface area contributed by atoms with E-state index in [-0.39, 0.29) is 17.7 Å². The van der Waals surface area contributed by atoms with E-state index in [9.17, 15) is 5.11 Å². The Morgan fingerprint density at radius 1 is 1.03 bits per heavy atom. The van der Waals surface area contributed by atoms with E-state index in [1.807, 2.05) is 24.3 Å². The minimum absolute atomic E-state index is 0.00852. The lowest BCUT2D eigenvalue weighted by atomic mass is 9.88. The van der Waals surface area contributed by atoms with Crippen LogP contribution in [0.5, 0.6) is 17.2 Å². The Labute approximate surface area is 172 Å². The lowest BCUT2D eigenvalue weighted by Crippen LogP contribution is -2.33. The summed E-state index contributed by atoms with van der Waals surface area (Å²) in [6.07, 6.45) is 3.91. The van der Waals surface area contributed by atoms with E-state index in [2.05, 4.69) is 27.9 Å². The van der Waals surface area contributed by atoms with E-state index < -0.39 is 0 Å². The monoisotopic (exact) mass is 397 g/mol. The molecule has 29 heavy (non-hydrogen) atoms. The first-order chi connectivity index (χ1) is 14.2. The van der Waals surface area contributed by atoms with E-state index >= 15 is 0 Å². The highest BCUT2D eigenvalue weighted by molar-refractivity contribution is 5.44. The van der Waals surface area contributed by atoms with Crippen LogP contribution in [0.1, 0.15) is 42.3 Å². The largest absolute Gasteiger partial charge is 0.507 e. The standard InChI is InChI=1S/C23H31N3O3/c1-28-18-7-5-17(6-8-18)21-16-24-25-23(21)20-10-9-19(15-22(20)27)29-14-13-26-11-3-2-4-12-26/h5-10,15,21,23-25,27H,2-4,11-14,16H2,1H3. The zero-order valence-corrected chi connectivity index (χ0v) is 17.1. The first kappa shape index (κ1) is 20.0. The molecule has 2 fully saturated rings. The second kappa shape index (κ2) is 9.48. The van der Waals surface area contributed by atoms with Gasteiger partial charge >= 0.3 is 0 Å². The van der Waals surface area contributed by atoms with Gasteiger partial charge in [0.15, 0.2) is 0 Å². The summed E-state index contributed by atoms with van der Waals surface area (Å²) in [5, 5.41) is 10.7. The number of piperidine rings is 1. The summed E-state index contributed by atoms with van der Waals surface area (Å²) in [5.74, 6) is 2.05. The fraction of sp³-hybridized carbons (Fsp3) is 0.478. The van der Waals surface area contributed by atoms with Crippen molar-refractivity contribution in [3.8, 4) is 17.2 Å². The average Bonchev–Trinajstić information content (AvgIpc) is 3.24. The molecule has 2 aliphatic rings. The first-order valence-corrected chi connectivity index (χ1v) is 10.5. The van der Waals surface area contributed by atoms with E-state index in [0.29, 0.717) is 6.61 Å². The van der Waals surface area contributed by atoms with Gasteiger partial charge in [0.05, 0.1) is 13.2 Å². The van der Waals surface area contributed by atoms with Gasteiger partial charge in [0.1, 0.15) is 23.9 Å². The summed E-state index contributed by atoms with van der Waals surface area (Å²) in [7, 11) is 1.67. The Hall–Kier alpha value is -2.28. The number of hydrazine groups is 1. The van der Waals surface area contributed by atoms with Gasteiger partial charge in [-0.25, -0.2) is 5.43 Å². The van der Waals surface area contributed by atoms with Gasteiger partial charge in [-0.1, -0.05) is 24.6 Å². The Kier molecular flexibility index (Phi) is 6.54. The molecular formula is C23H31N3O3. The van der Waals surface area contributed by atoms with E-state index in [1.54, 1.807) is 13.2 Å². The van der Waals surface area contributed by atoms with Gasteiger partial charge in [0, 0.05) is 30.6 Å². The van der Waals surface area contributed by atoms with E-state index in [4.69, 9.17) is 9.47 Å². The second-order valence-corrected chi connectivity index (χ2v) is 7.85. The molecule has 2 heterocycles. The van der Waals surface area contributed by atoms with Crippen LogP contribution >= 0.6 is 0 Å². The topological polar surface area (TPSA) is 66.0 Å². The van der Waals surface area contributed by atoms with Crippen LogP contribution in [0.15, 0.2) is 42.5 Å². The minimum atomic E-state index is -0.00852. The molecule has 0 radical (unpaired) electrons. The number of benzene rings is 2. The lowest BCUT2D eigenvalue weighted by Gasteiger charge is -2.26. The molecule has 0 bridgehead atoms. The number of phenolic OH excluding ortho intramolecular Hbond substituents is 1. The van der Waals surface area contributed by atoms with Crippen molar-refractivity contribution in [2.75, 3.05) is 39.9 Å². The molecule has 2 atom stereocenters. The maximum Gasteiger partial charge on any atom is 0.124 e. The number of hydrogen-bond donors (Lipinski definition) is 3. The molecule has 0 amide bonds. The number of methoxy groups -OCH3 is 1. The predicted octanol–water partition coefficient (Wildman–Crippen LogP) is 3.20. The number of nitrogens with zero attached hydrogens (tertiary/aromatic N) is 1. The molecule has 0 spiro atoms. The summed E-state index contributed by atoms with van der Waals surface area (Å²) >= 11 is 0. The van der Waals surface area contributed by atoms with Crippen LogP contribution in [0.3, 0.4) is 0 Å². The second-order valence-electron chi connectivity index (χ2n) is 7.85. The molecule has 2 aromatic carbocycles. The smallest absolute Gasteiger partial charge is 0.124 e. The van der Waals surface area contributed by atoms with E-state index in [0.717, 1.165) is 30.2 Å². The first-order valence-electron chi connectivity index (χ1n) is 10.5. The third kappa shape index (κ3) is 4.83. The zero-order chi connectivity index (χ0) is 20.1. The predicted molar refractivity (Wildman–Crippen MR) is 114 cm³/mol. The van der Waals surface area contributed by atoms with Crippen molar-refractivity contribution in [3.05, 3.63) is 53.6 Å². The van der Waals surface area contributed by atoms with Crippen LogP contribution in [0, 0.1) is 0 Å². The number of aromatic hydroxyl groups is 1. The van der Waals surface area contributed by atoms with Crippen LogP contribution in [-0.4, -0.2) is 49.9 Å².